The zero-order chi connectivity index (χ0) is 23.5. The van der Waals surface area contributed by atoms with Crippen molar-refractivity contribution in [1.29, 1.82) is 0 Å². The third-order valence-electron chi connectivity index (χ3n) is 5.50. The summed E-state index contributed by atoms with van der Waals surface area (Å²) >= 11 is 0. The van der Waals surface area contributed by atoms with Crippen molar-refractivity contribution in [2.24, 2.45) is 10.8 Å². The lowest BCUT2D eigenvalue weighted by molar-refractivity contribution is -0.168. The topological polar surface area (TPSA) is 69.7 Å². The normalized spacial score (nSPS) is 31.3. The Hall–Kier alpha value is -2.95. The smallest absolute Gasteiger partial charge is 0.320 e. The number of hydrogen-bond donors (Lipinski definition) is 0. The van der Waals surface area contributed by atoms with Gasteiger partial charge in [-0.1, -0.05) is 48.5 Å². The largest absolute Gasteiger partial charge is 0.468 e. The number of ether oxygens (including phenoxy) is 2. The molecule has 0 saturated heterocycles. The van der Waals surface area contributed by atoms with Gasteiger partial charge in [-0.25, -0.2) is 0 Å². The Morgan fingerprint density at radius 2 is 1.14 bits per heavy atom. The predicted molar refractivity (Wildman–Crippen MR) is 102 cm³/mol. The van der Waals surface area contributed by atoms with Crippen LogP contribution in [0.15, 0.2) is 48.5 Å². The Kier molecular flexibility index (Phi) is 3.32. The van der Waals surface area contributed by atoms with E-state index in [0.717, 1.165) is 14.2 Å². The van der Waals surface area contributed by atoms with Gasteiger partial charge in [-0.05, 0) is 47.8 Å². The maximum Gasteiger partial charge on any atom is 0.320 e. The molecule has 0 fully saturated rings. The van der Waals surface area contributed by atoms with Crippen molar-refractivity contribution < 1.29 is 29.3 Å². The molecule has 5 heteroatoms. The molecule has 2 bridgehead atoms. The van der Waals surface area contributed by atoms with Crippen LogP contribution in [0.4, 0.5) is 0 Å². The van der Waals surface area contributed by atoms with Crippen LogP contribution in [0.25, 0.3) is 0 Å². The Morgan fingerprint density at radius 1 is 0.786 bits per heavy atom. The minimum absolute atomic E-state index is 0.172. The van der Waals surface area contributed by atoms with E-state index in [4.69, 9.17) is 15.0 Å². The highest BCUT2D eigenvalue weighted by atomic mass is 16.5. The molecule has 5 nitrogen and oxygen atoms in total. The van der Waals surface area contributed by atoms with Crippen LogP contribution in [-0.4, -0.2) is 31.9 Å². The maximum absolute atomic E-state index is 14.4. The van der Waals surface area contributed by atoms with Crippen molar-refractivity contribution in [1.82, 2.24) is 0 Å². The average Bonchev–Trinajstić information content (AvgIpc) is 2.93. The minimum Gasteiger partial charge on any atom is -0.468 e. The monoisotopic (exact) mass is 382 g/mol. The van der Waals surface area contributed by atoms with Gasteiger partial charge in [0.05, 0.1) is 14.2 Å². The van der Waals surface area contributed by atoms with E-state index in [2.05, 4.69) is 0 Å². The van der Waals surface area contributed by atoms with E-state index in [9.17, 15) is 14.4 Å². The van der Waals surface area contributed by atoms with Crippen molar-refractivity contribution in [3.8, 4) is 0 Å². The maximum atomic E-state index is 14.4. The first-order valence-electron chi connectivity index (χ1n) is 10.9. The lowest BCUT2D eigenvalue weighted by atomic mass is 9.66. The molecule has 0 aliphatic heterocycles. The molecule has 2 aliphatic rings. The summed E-state index contributed by atoms with van der Waals surface area (Å²) in [7, 11) is 2.09. The number of fused-ring (bicyclic) bond motifs is 4. The zero-order valence-corrected chi connectivity index (χ0v) is 15.6. The first kappa shape index (κ1) is 14.1. The van der Waals surface area contributed by atoms with Crippen LogP contribution < -0.4 is 0 Å². The number of carbonyl (C=O) groups is 3. The van der Waals surface area contributed by atoms with Gasteiger partial charge in [0, 0.05) is 5.48 Å². The summed E-state index contributed by atoms with van der Waals surface area (Å²) in [5, 5.41) is 0. The quantitative estimate of drug-likeness (QED) is 0.590. The van der Waals surface area contributed by atoms with Gasteiger partial charge in [-0.3, -0.25) is 14.4 Å². The Labute approximate surface area is 169 Å². The predicted octanol–water partition coefficient (Wildman–Crippen LogP) is 2.47. The lowest BCUT2D eigenvalue weighted by Crippen LogP contribution is -2.54. The van der Waals surface area contributed by atoms with E-state index in [1.165, 1.54) is 24.3 Å². The molecule has 2 aliphatic carbocycles. The third-order valence-corrected chi connectivity index (χ3v) is 5.50. The molecular weight excluding hydrogens is 356 g/mol. The van der Waals surface area contributed by atoms with Gasteiger partial charge in [0.1, 0.15) is 10.8 Å². The van der Waals surface area contributed by atoms with Crippen LogP contribution in [0.2, 0.25) is 0 Å². The summed E-state index contributed by atoms with van der Waals surface area (Å²) in [5.41, 5.74) is -4.43. The Bertz CT molecular complexity index is 1060. The third kappa shape index (κ3) is 2.49. The SMILES string of the molecule is [2H]C1([2H])c2ccccc2C([2H])([2H])C2(C(=O)OC)Cc3ccccc3CC1(C(=O)OC)C2=O. The van der Waals surface area contributed by atoms with Crippen LogP contribution in [0, 0.1) is 10.8 Å². The fourth-order valence-corrected chi connectivity index (χ4v) is 4.14. The number of benzene rings is 2. The van der Waals surface area contributed by atoms with Gasteiger partial charge >= 0.3 is 11.9 Å². The number of methoxy groups -OCH3 is 2. The molecule has 144 valence electrons. The van der Waals surface area contributed by atoms with Crippen LogP contribution in [-0.2, 0) is 49.4 Å². The van der Waals surface area contributed by atoms with E-state index in [1.807, 2.05) is 0 Å². The van der Waals surface area contributed by atoms with Crippen molar-refractivity contribution in [2.45, 2.75) is 25.6 Å². The molecular formula is C23H22O5. The van der Waals surface area contributed by atoms with Crippen molar-refractivity contribution in [3.05, 3.63) is 70.8 Å². The zero-order valence-electron chi connectivity index (χ0n) is 19.6. The van der Waals surface area contributed by atoms with Gasteiger partial charge in [-0.2, -0.15) is 0 Å². The lowest BCUT2D eigenvalue weighted by Gasteiger charge is -2.34. The van der Waals surface area contributed by atoms with Crippen LogP contribution in [0.5, 0.6) is 0 Å². The molecule has 0 heterocycles. The summed E-state index contributed by atoms with van der Waals surface area (Å²) < 4.78 is 46.2. The van der Waals surface area contributed by atoms with Gasteiger partial charge in [0.15, 0.2) is 5.78 Å². The second kappa shape index (κ2) is 6.59. The van der Waals surface area contributed by atoms with Gasteiger partial charge in [0.25, 0.3) is 0 Å². The highest BCUT2D eigenvalue weighted by Gasteiger charge is 2.62. The first-order chi connectivity index (χ1) is 15.0. The Morgan fingerprint density at radius 3 is 1.50 bits per heavy atom. The van der Waals surface area contributed by atoms with E-state index in [0.29, 0.717) is 11.1 Å². The number of hydrogen-bond acceptors (Lipinski definition) is 5. The number of Topliss-reactive ketones (excluding diaryl/α,β-unsaturated/α-hetero) is 1. The summed E-state index contributed by atoms with van der Waals surface area (Å²) in [6.07, 6.45) is -6.14. The molecule has 2 unspecified atom stereocenters. The second-order valence-corrected chi connectivity index (χ2v) is 7.04. The summed E-state index contributed by atoms with van der Waals surface area (Å²) in [6.45, 7) is 0. The molecule has 4 rings (SSSR count). The average molecular weight is 382 g/mol. The molecule has 2 aromatic rings. The molecule has 2 atom stereocenters. The molecule has 0 aromatic heterocycles. The van der Waals surface area contributed by atoms with Gasteiger partial charge < -0.3 is 9.47 Å². The number of rotatable bonds is 2. The molecule has 2 aromatic carbocycles. The second-order valence-electron chi connectivity index (χ2n) is 7.04. The molecule has 0 radical (unpaired) electrons. The van der Waals surface area contributed by atoms with Gasteiger partial charge in [-0.15, -0.1) is 0 Å². The van der Waals surface area contributed by atoms with E-state index in [-0.39, 0.29) is 24.0 Å². The molecule has 0 amide bonds. The van der Waals surface area contributed by atoms with Crippen LogP contribution in [0.3, 0.4) is 0 Å². The number of carbonyl (C=O) groups excluding carboxylic acids is 3. The standard InChI is InChI=1S/C23H22O5/c1-27-20(25)22-11-15-7-3-5-9-17(15)13-23(19(22)24,21(26)28-2)14-18-10-6-4-8-16(18)12-22/h3-10H,11-14H2,1-2H3/i11D2,13D2. The summed E-state index contributed by atoms with van der Waals surface area (Å²) in [5.74, 6) is -3.50. The van der Waals surface area contributed by atoms with Crippen LogP contribution >= 0.6 is 0 Å². The Balaban J connectivity index is 2.27. The highest BCUT2D eigenvalue weighted by molar-refractivity contribution is 6.16. The van der Waals surface area contributed by atoms with E-state index < -0.39 is 41.3 Å². The number of ketones is 1. The molecule has 0 saturated carbocycles. The van der Waals surface area contributed by atoms with E-state index >= 15 is 0 Å². The van der Waals surface area contributed by atoms with E-state index in [1.54, 1.807) is 24.3 Å². The first-order valence-corrected chi connectivity index (χ1v) is 8.91. The fraction of sp³-hybridized carbons (Fsp3) is 0.348. The van der Waals surface area contributed by atoms with Gasteiger partial charge in [0.2, 0.25) is 0 Å². The van der Waals surface area contributed by atoms with Crippen molar-refractivity contribution >= 4 is 17.7 Å². The number of esters is 2. The van der Waals surface area contributed by atoms with Crippen molar-refractivity contribution in [2.75, 3.05) is 14.2 Å². The summed E-state index contributed by atoms with van der Waals surface area (Å²) in [6, 6.07) is 12.4. The summed E-state index contributed by atoms with van der Waals surface area (Å²) in [4.78, 5) is 41.1. The molecule has 28 heavy (non-hydrogen) atoms. The molecule has 0 spiro atoms. The minimum atomic E-state index is -2.69. The van der Waals surface area contributed by atoms with Crippen molar-refractivity contribution in [3.63, 3.8) is 0 Å². The van der Waals surface area contributed by atoms with Crippen LogP contribution in [0.1, 0.15) is 27.7 Å². The highest BCUT2D eigenvalue weighted by Crippen LogP contribution is 2.48. The molecule has 0 N–H and O–H groups in total. The fourth-order valence-electron chi connectivity index (χ4n) is 4.14.